The normalized spacial score (nSPS) is 14.2. The van der Waals surface area contributed by atoms with E-state index < -0.39 is 5.60 Å². The summed E-state index contributed by atoms with van der Waals surface area (Å²) < 4.78 is 15.7. The van der Waals surface area contributed by atoms with Gasteiger partial charge in [0.2, 0.25) is 5.91 Å². The van der Waals surface area contributed by atoms with Crippen LogP contribution in [0.25, 0.3) is 0 Å². The van der Waals surface area contributed by atoms with E-state index in [1.54, 1.807) is 28.0 Å². The molecule has 0 saturated carbocycles. The molecule has 0 radical (unpaired) electrons. The van der Waals surface area contributed by atoms with Gasteiger partial charge in [0, 0.05) is 31.7 Å². The highest BCUT2D eigenvalue weighted by atomic mass is 16.6. The van der Waals surface area contributed by atoms with Gasteiger partial charge < -0.3 is 29.3 Å². The summed E-state index contributed by atoms with van der Waals surface area (Å²) in [7, 11) is 3.00. The van der Waals surface area contributed by atoms with Crippen molar-refractivity contribution in [3.05, 3.63) is 23.8 Å². The molecule has 1 aliphatic rings. The number of piperazine rings is 1. The van der Waals surface area contributed by atoms with Crippen molar-refractivity contribution in [1.82, 2.24) is 15.1 Å². The number of hydrogen-bond donors (Lipinski definition) is 1. The molecule has 1 aromatic carbocycles. The Kier molecular flexibility index (Phi) is 7.30. The highest BCUT2D eigenvalue weighted by molar-refractivity contribution is 5.97. The third kappa shape index (κ3) is 6.27. The molecular weight excluding hydrogens is 378 g/mol. The zero-order valence-corrected chi connectivity index (χ0v) is 17.6. The van der Waals surface area contributed by atoms with Gasteiger partial charge in [0.1, 0.15) is 5.60 Å². The van der Waals surface area contributed by atoms with Gasteiger partial charge in [-0.1, -0.05) is 0 Å². The molecule has 1 fully saturated rings. The zero-order valence-electron chi connectivity index (χ0n) is 17.6. The Morgan fingerprint density at radius 2 is 1.55 bits per heavy atom. The van der Waals surface area contributed by atoms with Crippen LogP contribution in [0.15, 0.2) is 18.2 Å². The molecule has 1 saturated heterocycles. The maximum atomic E-state index is 12.4. The molecule has 0 atom stereocenters. The smallest absolute Gasteiger partial charge is 0.410 e. The fraction of sp³-hybridized carbons (Fsp3) is 0.550. The second kappa shape index (κ2) is 9.49. The van der Waals surface area contributed by atoms with Gasteiger partial charge >= 0.3 is 6.09 Å². The summed E-state index contributed by atoms with van der Waals surface area (Å²) in [5, 5.41) is 2.62. The van der Waals surface area contributed by atoms with Gasteiger partial charge in [-0.15, -0.1) is 0 Å². The minimum atomic E-state index is -0.557. The van der Waals surface area contributed by atoms with Crippen LogP contribution in [0.5, 0.6) is 11.5 Å². The van der Waals surface area contributed by atoms with Crippen LogP contribution < -0.4 is 14.8 Å². The number of rotatable bonds is 5. The predicted molar refractivity (Wildman–Crippen MR) is 106 cm³/mol. The zero-order chi connectivity index (χ0) is 21.6. The van der Waals surface area contributed by atoms with Crippen LogP contribution >= 0.6 is 0 Å². The molecule has 1 aromatic rings. The average Bonchev–Trinajstić information content (AvgIpc) is 2.70. The number of methoxy groups -OCH3 is 2. The quantitative estimate of drug-likeness (QED) is 0.795. The number of nitrogens with one attached hydrogen (secondary N) is 1. The lowest BCUT2D eigenvalue weighted by Crippen LogP contribution is -2.53. The minimum Gasteiger partial charge on any atom is -0.493 e. The first-order chi connectivity index (χ1) is 13.6. The van der Waals surface area contributed by atoms with Crippen LogP contribution in [0, 0.1) is 0 Å². The molecule has 2 rings (SSSR count). The van der Waals surface area contributed by atoms with E-state index in [0.717, 1.165) is 0 Å². The molecule has 0 spiro atoms. The van der Waals surface area contributed by atoms with Gasteiger partial charge in [-0.25, -0.2) is 4.79 Å². The Balaban J connectivity index is 1.83. The highest BCUT2D eigenvalue weighted by Gasteiger charge is 2.27. The maximum Gasteiger partial charge on any atom is 0.410 e. The van der Waals surface area contributed by atoms with Crippen LogP contribution in [-0.2, 0) is 9.53 Å². The van der Waals surface area contributed by atoms with Gasteiger partial charge in [0.05, 0.1) is 20.8 Å². The van der Waals surface area contributed by atoms with Crippen LogP contribution in [-0.4, -0.2) is 80.3 Å². The number of carbonyl (C=O) groups is 3. The van der Waals surface area contributed by atoms with E-state index in [2.05, 4.69) is 5.32 Å². The molecule has 0 aliphatic carbocycles. The number of hydrogen-bond acceptors (Lipinski definition) is 6. The lowest BCUT2D eigenvalue weighted by atomic mass is 10.2. The predicted octanol–water partition coefficient (Wildman–Crippen LogP) is 1.51. The number of amides is 3. The standard InChI is InChI=1S/C20H29N3O6/c1-20(2,3)29-19(26)23-10-8-22(9-11-23)17(24)13-21-18(25)14-6-7-15(27-4)16(12-14)28-5/h6-7,12H,8-11,13H2,1-5H3,(H,21,25). The van der Waals surface area contributed by atoms with E-state index in [1.807, 2.05) is 20.8 Å². The Morgan fingerprint density at radius 1 is 0.966 bits per heavy atom. The first kappa shape index (κ1) is 22.3. The van der Waals surface area contributed by atoms with Gasteiger partial charge in [-0.05, 0) is 39.0 Å². The minimum absolute atomic E-state index is 0.125. The molecule has 160 valence electrons. The monoisotopic (exact) mass is 407 g/mol. The van der Waals surface area contributed by atoms with Crippen LogP contribution in [0.3, 0.4) is 0 Å². The van der Waals surface area contributed by atoms with E-state index in [0.29, 0.717) is 43.2 Å². The van der Waals surface area contributed by atoms with Crippen LogP contribution in [0.2, 0.25) is 0 Å². The van der Waals surface area contributed by atoms with E-state index in [9.17, 15) is 14.4 Å². The molecular formula is C20H29N3O6. The van der Waals surface area contributed by atoms with Crippen molar-refractivity contribution in [3.8, 4) is 11.5 Å². The first-order valence-corrected chi connectivity index (χ1v) is 9.40. The molecule has 0 bridgehead atoms. The molecule has 3 amide bonds. The summed E-state index contributed by atoms with van der Waals surface area (Å²) in [6.45, 7) is 6.88. The molecule has 1 aliphatic heterocycles. The van der Waals surface area contributed by atoms with E-state index >= 15 is 0 Å². The van der Waals surface area contributed by atoms with E-state index in [4.69, 9.17) is 14.2 Å². The van der Waals surface area contributed by atoms with Crippen molar-refractivity contribution < 1.29 is 28.6 Å². The molecule has 1 N–H and O–H groups in total. The fourth-order valence-electron chi connectivity index (χ4n) is 2.81. The number of ether oxygens (including phenoxy) is 3. The van der Waals surface area contributed by atoms with Crippen molar-refractivity contribution in [2.45, 2.75) is 26.4 Å². The van der Waals surface area contributed by atoms with E-state index in [1.165, 1.54) is 14.2 Å². The summed E-state index contributed by atoms with van der Waals surface area (Å²) in [6, 6.07) is 4.78. The third-order valence-electron chi connectivity index (χ3n) is 4.33. The van der Waals surface area contributed by atoms with Crippen LogP contribution in [0.4, 0.5) is 4.79 Å². The Morgan fingerprint density at radius 3 is 2.10 bits per heavy atom. The topological polar surface area (TPSA) is 97.4 Å². The lowest BCUT2D eigenvalue weighted by Gasteiger charge is -2.35. The summed E-state index contributed by atoms with van der Waals surface area (Å²) in [6.07, 6.45) is -0.383. The Bertz CT molecular complexity index is 751. The Labute approximate surface area is 170 Å². The van der Waals surface area contributed by atoms with E-state index in [-0.39, 0.29) is 24.5 Å². The van der Waals surface area contributed by atoms with Gasteiger partial charge in [0.25, 0.3) is 5.91 Å². The summed E-state index contributed by atoms with van der Waals surface area (Å²) in [4.78, 5) is 40.0. The fourth-order valence-corrected chi connectivity index (χ4v) is 2.81. The van der Waals surface area contributed by atoms with Crippen molar-refractivity contribution in [2.75, 3.05) is 46.9 Å². The SMILES string of the molecule is COc1ccc(C(=O)NCC(=O)N2CCN(C(=O)OC(C)(C)C)CC2)cc1OC. The maximum absolute atomic E-state index is 12.4. The number of nitrogens with zero attached hydrogens (tertiary/aromatic N) is 2. The van der Waals surface area contributed by atoms with Gasteiger partial charge in [-0.2, -0.15) is 0 Å². The summed E-state index contributed by atoms with van der Waals surface area (Å²) >= 11 is 0. The Hall–Kier alpha value is -2.97. The molecule has 1 heterocycles. The summed E-state index contributed by atoms with van der Waals surface area (Å²) in [5.74, 6) is 0.363. The third-order valence-corrected chi connectivity index (χ3v) is 4.33. The molecule has 0 unspecified atom stereocenters. The number of carbonyl (C=O) groups excluding carboxylic acids is 3. The molecule has 0 aromatic heterocycles. The highest BCUT2D eigenvalue weighted by Crippen LogP contribution is 2.27. The van der Waals surface area contributed by atoms with Crippen molar-refractivity contribution in [1.29, 1.82) is 0 Å². The van der Waals surface area contributed by atoms with Gasteiger partial charge in [0.15, 0.2) is 11.5 Å². The lowest BCUT2D eigenvalue weighted by molar-refractivity contribution is -0.131. The number of benzene rings is 1. The van der Waals surface area contributed by atoms with Crippen LogP contribution in [0.1, 0.15) is 31.1 Å². The average molecular weight is 407 g/mol. The van der Waals surface area contributed by atoms with Crippen molar-refractivity contribution in [3.63, 3.8) is 0 Å². The second-order valence-corrected chi connectivity index (χ2v) is 7.60. The molecule has 9 nitrogen and oxygen atoms in total. The van der Waals surface area contributed by atoms with Crippen molar-refractivity contribution in [2.24, 2.45) is 0 Å². The first-order valence-electron chi connectivity index (χ1n) is 9.40. The second-order valence-electron chi connectivity index (χ2n) is 7.60. The summed E-state index contributed by atoms with van der Waals surface area (Å²) in [5.41, 5.74) is -0.191. The molecule has 9 heteroatoms. The van der Waals surface area contributed by atoms with Crippen molar-refractivity contribution >= 4 is 17.9 Å². The molecule has 29 heavy (non-hydrogen) atoms. The van der Waals surface area contributed by atoms with Gasteiger partial charge in [-0.3, -0.25) is 9.59 Å². The largest absolute Gasteiger partial charge is 0.493 e.